The molecule has 1 aliphatic carbocycles. The second-order valence-corrected chi connectivity index (χ2v) is 6.65. The molecule has 0 radical (unpaired) electrons. The zero-order chi connectivity index (χ0) is 14.7. The van der Waals surface area contributed by atoms with E-state index >= 15 is 0 Å². The van der Waals surface area contributed by atoms with Gasteiger partial charge >= 0.3 is 0 Å². The third kappa shape index (κ3) is 3.38. The van der Waals surface area contributed by atoms with Crippen LogP contribution in [0.5, 0.6) is 0 Å². The number of halogens is 1. The van der Waals surface area contributed by atoms with Crippen LogP contribution in [0.1, 0.15) is 32.1 Å². The summed E-state index contributed by atoms with van der Waals surface area (Å²) in [5.74, 6) is -0.182. The molecule has 2 aliphatic rings. The topological polar surface area (TPSA) is 35.5 Å². The minimum absolute atomic E-state index is 0.114. The van der Waals surface area contributed by atoms with Gasteiger partial charge < -0.3 is 15.3 Å². The van der Waals surface area contributed by atoms with E-state index in [0.717, 1.165) is 44.6 Å². The number of aliphatic hydroxyl groups is 1. The van der Waals surface area contributed by atoms with E-state index < -0.39 is 0 Å². The van der Waals surface area contributed by atoms with Crippen LogP contribution in [0.15, 0.2) is 24.3 Å². The molecular weight excluding hydrogens is 267 g/mol. The van der Waals surface area contributed by atoms with Crippen molar-refractivity contribution < 1.29 is 9.50 Å². The molecule has 21 heavy (non-hydrogen) atoms. The predicted octanol–water partition coefficient (Wildman–Crippen LogP) is 2.55. The lowest BCUT2D eigenvalue weighted by atomic mass is 9.87. The number of benzene rings is 1. The summed E-state index contributed by atoms with van der Waals surface area (Å²) in [6.45, 7) is 3.20. The molecule has 1 saturated heterocycles. The summed E-state index contributed by atoms with van der Waals surface area (Å²) >= 11 is 0. The summed E-state index contributed by atoms with van der Waals surface area (Å²) in [6, 6.07) is 7.22. The second-order valence-electron chi connectivity index (χ2n) is 6.65. The largest absolute Gasteiger partial charge is 0.396 e. The molecule has 0 spiro atoms. The Labute approximate surface area is 126 Å². The number of anilines is 1. The van der Waals surface area contributed by atoms with E-state index in [1.54, 1.807) is 0 Å². The highest BCUT2D eigenvalue weighted by Gasteiger charge is 2.34. The van der Waals surface area contributed by atoms with E-state index in [-0.39, 0.29) is 11.2 Å². The Balaban J connectivity index is 1.51. The quantitative estimate of drug-likeness (QED) is 0.875. The number of aliphatic hydroxyl groups excluding tert-OH is 1. The van der Waals surface area contributed by atoms with Crippen LogP contribution in [0.3, 0.4) is 0 Å². The maximum absolute atomic E-state index is 13.0. The van der Waals surface area contributed by atoms with Crippen LogP contribution >= 0.6 is 0 Å². The molecule has 0 unspecified atom stereocenters. The molecule has 3 rings (SSSR count). The highest BCUT2D eigenvalue weighted by molar-refractivity contribution is 5.47. The molecule has 2 N–H and O–H groups in total. The average molecular weight is 292 g/mol. The van der Waals surface area contributed by atoms with E-state index in [9.17, 15) is 9.50 Å². The first-order chi connectivity index (χ1) is 10.2. The maximum Gasteiger partial charge on any atom is 0.123 e. The standard InChI is InChI=1S/C17H25FN2O/c18-14-3-5-16(6-4-14)20-10-7-15(11-20)19-12-17(13-21)8-1-2-9-17/h3-6,15,19,21H,1-2,7-13H2/t15-/m0/s1. The highest BCUT2D eigenvalue weighted by Crippen LogP contribution is 2.37. The zero-order valence-electron chi connectivity index (χ0n) is 12.5. The molecule has 1 saturated carbocycles. The summed E-state index contributed by atoms with van der Waals surface area (Å²) in [5.41, 5.74) is 1.21. The highest BCUT2D eigenvalue weighted by atomic mass is 19.1. The summed E-state index contributed by atoms with van der Waals surface area (Å²) in [5, 5.41) is 13.3. The number of nitrogens with one attached hydrogen (secondary N) is 1. The Hall–Kier alpha value is -1.13. The Morgan fingerprint density at radius 1 is 1.24 bits per heavy atom. The second kappa shape index (κ2) is 6.32. The van der Waals surface area contributed by atoms with E-state index in [2.05, 4.69) is 10.2 Å². The lowest BCUT2D eigenvalue weighted by Gasteiger charge is -2.28. The Morgan fingerprint density at radius 3 is 2.62 bits per heavy atom. The van der Waals surface area contributed by atoms with Crippen LogP contribution in [0.4, 0.5) is 10.1 Å². The van der Waals surface area contributed by atoms with Gasteiger partial charge in [0.2, 0.25) is 0 Å². The molecule has 1 aliphatic heterocycles. The molecule has 0 aromatic heterocycles. The SMILES string of the molecule is OCC1(CN[C@H]2CCN(c3ccc(F)cc3)C2)CCCC1. The number of rotatable bonds is 5. The summed E-state index contributed by atoms with van der Waals surface area (Å²) in [4.78, 5) is 2.30. The van der Waals surface area contributed by atoms with Crippen LogP contribution in [-0.4, -0.2) is 37.4 Å². The number of nitrogens with zero attached hydrogens (tertiary/aromatic N) is 1. The van der Waals surface area contributed by atoms with Gasteiger partial charge in [0.15, 0.2) is 0 Å². The molecule has 1 aromatic carbocycles. The predicted molar refractivity (Wildman–Crippen MR) is 83.0 cm³/mol. The van der Waals surface area contributed by atoms with Gasteiger partial charge in [-0.2, -0.15) is 0 Å². The fraction of sp³-hybridized carbons (Fsp3) is 0.647. The van der Waals surface area contributed by atoms with Crippen LogP contribution in [0.2, 0.25) is 0 Å². The summed E-state index contributed by atoms with van der Waals surface area (Å²) < 4.78 is 13.0. The van der Waals surface area contributed by atoms with Gasteiger partial charge in [0.1, 0.15) is 5.82 Å². The minimum atomic E-state index is -0.182. The van der Waals surface area contributed by atoms with Gasteiger partial charge in [-0.15, -0.1) is 0 Å². The van der Waals surface area contributed by atoms with Crippen molar-refractivity contribution in [2.45, 2.75) is 38.1 Å². The van der Waals surface area contributed by atoms with Gasteiger partial charge in [0, 0.05) is 43.4 Å². The molecule has 0 bridgehead atoms. The normalized spacial score (nSPS) is 24.7. The molecule has 1 aromatic rings. The fourth-order valence-corrected chi connectivity index (χ4v) is 3.69. The van der Waals surface area contributed by atoms with Crippen molar-refractivity contribution in [3.05, 3.63) is 30.1 Å². The van der Waals surface area contributed by atoms with Gasteiger partial charge in [0.05, 0.1) is 0 Å². The first-order valence-electron chi connectivity index (χ1n) is 8.06. The number of hydrogen-bond donors (Lipinski definition) is 2. The Bertz CT molecular complexity index is 456. The van der Waals surface area contributed by atoms with Crippen molar-refractivity contribution in [1.29, 1.82) is 0 Å². The van der Waals surface area contributed by atoms with E-state index in [1.165, 1.54) is 25.0 Å². The maximum atomic E-state index is 13.0. The van der Waals surface area contributed by atoms with E-state index in [0.29, 0.717) is 12.6 Å². The van der Waals surface area contributed by atoms with Crippen molar-refractivity contribution in [3.63, 3.8) is 0 Å². The van der Waals surface area contributed by atoms with Crippen LogP contribution < -0.4 is 10.2 Å². The summed E-state index contributed by atoms with van der Waals surface area (Å²) in [6.07, 6.45) is 5.89. The Morgan fingerprint density at radius 2 is 1.95 bits per heavy atom. The monoisotopic (exact) mass is 292 g/mol. The smallest absolute Gasteiger partial charge is 0.123 e. The average Bonchev–Trinajstić information content (AvgIpc) is 3.16. The van der Waals surface area contributed by atoms with Gasteiger partial charge in [0.25, 0.3) is 0 Å². The summed E-state index contributed by atoms with van der Waals surface area (Å²) in [7, 11) is 0. The third-order valence-electron chi connectivity index (χ3n) is 5.15. The van der Waals surface area contributed by atoms with Crippen molar-refractivity contribution >= 4 is 5.69 Å². The molecule has 0 amide bonds. The molecular formula is C17H25FN2O. The van der Waals surface area contributed by atoms with E-state index in [1.807, 2.05) is 12.1 Å². The van der Waals surface area contributed by atoms with Crippen LogP contribution in [-0.2, 0) is 0 Å². The minimum Gasteiger partial charge on any atom is -0.396 e. The van der Waals surface area contributed by atoms with Gasteiger partial charge in [-0.1, -0.05) is 12.8 Å². The molecule has 1 atom stereocenters. The van der Waals surface area contributed by atoms with Crippen molar-refractivity contribution in [2.24, 2.45) is 5.41 Å². The van der Waals surface area contributed by atoms with Crippen LogP contribution in [0.25, 0.3) is 0 Å². The third-order valence-corrected chi connectivity index (χ3v) is 5.15. The van der Waals surface area contributed by atoms with Crippen LogP contribution in [0, 0.1) is 11.2 Å². The Kier molecular flexibility index (Phi) is 4.45. The van der Waals surface area contributed by atoms with Gasteiger partial charge in [-0.3, -0.25) is 0 Å². The lowest BCUT2D eigenvalue weighted by Crippen LogP contribution is -2.41. The van der Waals surface area contributed by atoms with Crippen molar-refractivity contribution in [2.75, 3.05) is 31.1 Å². The molecule has 4 heteroatoms. The van der Waals surface area contributed by atoms with E-state index in [4.69, 9.17) is 0 Å². The first-order valence-corrected chi connectivity index (χ1v) is 8.06. The molecule has 2 fully saturated rings. The zero-order valence-corrected chi connectivity index (χ0v) is 12.5. The van der Waals surface area contributed by atoms with Crippen molar-refractivity contribution in [1.82, 2.24) is 5.32 Å². The van der Waals surface area contributed by atoms with Gasteiger partial charge in [-0.25, -0.2) is 4.39 Å². The lowest BCUT2D eigenvalue weighted by molar-refractivity contribution is 0.125. The molecule has 3 nitrogen and oxygen atoms in total. The fourth-order valence-electron chi connectivity index (χ4n) is 3.69. The van der Waals surface area contributed by atoms with Crippen molar-refractivity contribution in [3.8, 4) is 0 Å². The number of hydrogen-bond acceptors (Lipinski definition) is 3. The molecule has 116 valence electrons. The van der Waals surface area contributed by atoms with Gasteiger partial charge in [-0.05, 0) is 43.5 Å². The first kappa shape index (κ1) is 14.8. The molecule has 1 heterocycles.